The van der Waals surface area contributed by atoms with Crippen molar-refractivity contribution in [2.45, 2.75) is 38.5 Å². The van der Waals surface area contributed by atoms with Gasteiger partial charge in [0.1, 0.15) is 0 Å². The van der Waals surface area contributed by atoms with Crippen molar-refractivity contribution in [3.05, 3.63) is 23.8 Å². The van der Waals surface area contributed by atoms with Gasteiger partial charge in [0.15, 0.2) is 0 Å². The maximum Gasteiger partial charge on any atom is 0.248 e. The molecule has 0 heterocycles. The Morgan fingerprint density at radius 1 is 1.26 bits per heavy atom. The highest BCUT2D eigenvalue weighted by Crippen LogP contribution is 2.27. The Labute approximate surface area is 114 Å². The van der Waals surface area contributed by atoms with Crippen LogP contribution in [-0.2, 0) is 0 Å². The van der Waals surface area contributed by atoms with Crippen molar-refractivity contribution in [2.24, 2.45) is 11.7 Å². The monoisotopic (exact) mass is 261 g/mol. The van der Waals surface area contributed by atoms with E-state index in [4.69, 9.17) is 11.5 Å². The van der Waals surface area contributed by atoms with E-state index < -0.39 is 5.91 Å². The zero-order valence-corrected chi connectivity index (χ0v) is 11.3. The Hall–Kier alpha value is -1.71. The fraction of sp³-hybridized carbons (Fsp3) is 0.533. The first-order valence-electron chi connectivity index (χ1n) is 7.10. The number of hydrogen-bond donors (Lipinski definition) is 3. The Kier molecular flexibility index (Phi) is 4.66. The summed E-state index contributed by atoms with van der Waals surface area (Å²) in [5.74, 6) is 0.414. The average molecular weight is 261 g/mol. The first kappa shape index (κ1) is 13.7. The van der Waals surface area contributed by atoms with Crippen molar-refractivity contribution in [1.82, 2.24) is 0 Å². The first-order chi connectivity index (χ1) is 9.16. The summed E-state index contributed by atoms with van der Waals surface area (Å²) in [5, 5.41) is 3.32. The zero-order chi connectivity index (χ0) is 13.7. The lowest BCUT2D eigenvalue weighted by atomic mass is 9.87. The van der Waals surface area contributed by atoms with Crippen LogP contribution in [0.3, 0.4) is 0 Å². The highest BCUT2D eigenvalue weighted by Gasteiger charge is 2.13. The van der Waals surface area contributed by atoms with Crippen LogP contribution in [0.25, 0.3) is 0 Å². The van der Waals surface area contributed by atoms with E-state index in [0.29, 0.717) is 11.3 Å². The largest absolute Gasteiger partial charge is 0.397 e. The van der Waals surface area contributed by atoms with Crippen molar-refractivity contribution in [1.29, 1.82) is 0 Å². The molecule has 0 saturated heterocycles. The molecule has 1 saturated carbocycles. The van der Waals surface area contributed by atoms with E-state index in [9.17, 15) is 4.79 Å². The van der Waals surface area contributed by atoms with Gasteiger partial charge in [-0.15, -0.1) is 0 Å². The number of benzene rings is 1. The van der Waals surface area contributed by atoms with Crippen LogP contribution in [0.1, 0.15) is 48.9 Å². The number of rotatable bonds is 5. The molecule has 19 heavy (non-hydrogen) atoms. The third-order valence-corrected chi connectivity index (χ3v) is 3.93. The molecule has 0 radical (unpaired) electrons. The van der Waals surface area contributed by atoms with Crippen LogP contribution in [-0.4, -0.2) is 12.5 Å². The molecule has 5 N–H and O–H groups in total. The summed E-state index contributed by atoms with van der Waals surface area (Å²) in [6.07, 6.45) is 7.97. The lowest BCUT2D eigenvalue weighted by molar-refractivity contribution is 0.100. The second kappa shape index (κ2) is 6.45. The van der Waals surface area contributed by atoms with Gasteiger partial charge in [0.05, 0.1) is 11.4 Å². The van der Waals surface area contributed by atoms with Crippen molar-refractivity contribution in [3.63, 3.8) is 0 Å². The molecule has 0 unspecified atom stereocenters. The van der Waals surface area contributed by atoms with Crippen molar-refractivity contribution >= 4 is 17.3 Å². The molecule has 1 aromatic rings. The van der Waals surface area contributed by atoms with Gasteiger partial charge in [0.25, 0.3) is 0 Å². The molecule has 4 nitrogen and oxygen atoms in total. The topological polar surface area (TPSA) is 81.1 Å². The summed E-state index contributed by atoms with van der Waals surface area (Å²) in [5.41, 5.74) is 13.1. The fourth-order valence-electron chi connectivity index (χ4n) is 2.75. The van der Waals surface area contributed by atoms with Gasteiger partial charge in [-0.05, 0) is 30.5 Å². The standard InChI is InChI=1S/C15H23N3O/c16-13-7-6-12(15(17)19)10-14(13)18-9-8-11-4-2-1-3-5-11/h6-7,10-11,18H,1-5,8-9,16H2,(H2,17,19). The number of primary amides is 1. The molecule has 1 aliphatic rings. The second-order valence-corrected chi connectivity index (χ2v) is 5.39. The van der Waals surface area contributed by atoms with E-state index in [2.05, 4.69) is 5.32 Å². The number of carbonyl (C=O) groups is 1. The predicted octanol–water partition coefficient (Wildman–Crippen LogP) is 2.75. The van der Waals surface area contributed by atoms with Crippen LogP contribution in [0, 0.1) is 5.92 Å². The molecule has 1 aliphatic carbocycles. The number of nitrogens with one attached hydrogen (secondary N) is 1. The molecule has 2 rings (SSSR count). The van der Waals surface area contributed by atoms with E-state index in [1.165, 1.54) is 38.5 Å². The van der Waals surface area contributed by atoms with Gasteiger partial charge in [0, 0.05) is 12.1 Å². The molecular weight excluding hydrogens is 238 g/mol. The van der Waals surface area contributed by atoms with Crippen LogP contribution in [0.15, 0.2) is 18.2 Å². The molecule has 4 heteroatoms. The van der Waals surface area contributed by atoms with Crippen LogP contribution in [0.2, 0.25) is 0 Å². The third-order valence-electron chi connectivity index (χ3n) is 3.93. The summed E-state index contributed by atoms with van der Waals surface area (Å²) in [4.78, 5) is 11.1. The normalized spacial score (nSPS) is 16.2. The lowest BCUT2D eigenvalue weighted by Crippen LogP contribution is -2.14. The van der Waals surface area contributed by atoms with Gasteiger partial charge in [-0.1, -0.05) is 32.1 Å². The van der Waals surface area contributed by atoms with E-state index in [-0.39, 0.29) is 0 Å². The van der Waals surface area contributed by atoms with Crippen LogP contribution < -0.4 is 16.8 Å². The quantitative estimate of drug-likeness (QED) is 0.713. The second-order valence-electron chi connectivity index (χ2n) is 5.39. The minimum absolute atomic E-state index is 0.421. The Bertz CT molecular complexity index is 439. The van der Waals surface area contributed by atoms with Crippen LogP contribution >= 0.6 is 0 Å². The van der Waals surface area contributed by atoms with Crippen molar-refractivity contribution in [2.75, 3.05) is 17.6 Å². The van der Waals surface area contributed by atoms with Gasteiger partial charge < -0.3 is 16.8 Å². The number of nitrogens with two attached hydrogens (primary N) is 2. The number of hydrogen-bond acceptors (Lipinski definition) is 3. The van der Waals surface area contributed by atoms with Crippen LogP contribution in [0.5, 0.6) is 0 Å². The first-order valence-corrected chi connectivity index (χ1v) is 7.10. The smallest absolute Gasteiger partial charge is 0.248 e. The van der Waals surface area contributed by atoms with Crippen molar-refractivity contribution < 1.29 is 4.79 Å². The van der Waals surface area contributed by atoms with Crippen molar-refractivity contribution in [3.8, 4) is 0 Å². The molecular formula is C15H23N3O. The maximum atomic E-state index is 11.1. The molecule has 0 spiro atoms. The van der Waals surface area contributed by atoms with Gasteiger partial charge in [-0.2, -0.15) is 0 Å². The van der Waals surface area contributed by atoms with Gasteiger partial charge in [-0.3, -0.25) is 4.79 Å². The molecule has 0 aliphatic heterocycles. The number of carbonyl (C=O) groups excluding carboxylic acids is 1. The SMILES string of the molecule is NC(=O)c1ccc(N)c(NCCC2CCCCC2)c1. The van der Waals surface area contributed by atoms with Gasteiger partial charge in [0.2, 0.25) is 5.91 Å². The molecule has 1 amide bonds. The van der Waals surface area contributed by atoms with E-state index in [1.807, 2.05) is 0 Å². The average Bonchev–Trinajstić information content (AvgIpc) is 2.42. The summed E-state index contributed by atoms with van der Waals surface area (Å²) in [6, 6.07) is 5.12. The zero-order valence-electron chi connectivity index (χ0n) is 11.3. The molecule has 1 aromatic carbocycles. The van der Waals surface area contributed by atoms with Crippen LogP contribution in [0.4, 0.5) is 11.4 Å². The minimum Gasteiger partial charge on any atom is -0.397 e. The Morgan fingerprint density at radius 2 is 2.00 bits per heavy atom. The molecule has 0 aromatic heterocycles. The molecule has 0 atom stereocenters. The maximum absolute atomic E-state index is 11.1. The predicted molar refractivity (Wildman–Crippen MR) is 79.1 cm³/mol. The summed E-state index contributed by atoms with van der Waals surface area (Å²) < 4.78 is 0. The highest BCUT2D eigenvalue weighted by atomic mass is 16.1. The van der Waals surface area contributed by atoms with E-state index in [0.717, 1.165) is 18.2 Å². The van der Waals surface area contributed by atoms with Gasteiger partial charge >= 0.3 is 0 Å². The highest BCUT2D eigenvalue weighted by molar-refractivity contribution is 5.94. The molecule has 0 bridgehead atoms. The van der Waals surface area contributed by atoms with E-state index >= 15 is 0 Å². The number of nitrogen functional groups attached to an aromatic ring is 1. The Morgan fingerprint density at radius 3 is 2.68 bits per heavy atom. The molecule has 1 fully saturated rings. The Balaban J connectivity index is 1.87. The minimum atomic E-state index is -0.421. The number of amides is 1. The molecule has 104 valence electrons. The summed E-state index contributed by atoms with van der Waals surface area (Å²) in [6.45, 7) is 0.900. The lowest BCUT2D eigenvalue weighted by Gasteiger charge is -2.22. The van der Waals surface area contributed by atoms with E-state index in [1.54, 1.807) is 18.2 Å². The van der Waals surface area contributed by atoms with Gasteiger partial charge in [-0.25, -0.2) is 0 Å². The third kappa shape index (κ3) is 3.88. The summed E-state index contributed by atoms with van der Waals surface area (Å²) in [7, 11) is 0. The fourth-order valence-corrected chi connectivity index (χ4v) is 2.75. The number of anilines is 2. The summed E-state index contributed by atoms with van der Waals surface area (Å²) >= 11 is 0.